The van der Waals surface area contributed by atoms with Crippen LogP contribution in [0.25, 0.3) is 0 Å². The first-order chi connectivity index (χ1) is 7.41. The number of Topliss-reactive ketones (excluding diaryl/α,β-unsaturated/α-hetero) is 1. The topological polar surface area (TPSA) is 29.1 Å². The van der Waals surface area contributed by atoms with Crippen LogP contribution in [-0.2, 0) is 0 Å². The van der Waals surface area contributed by atoms with E-state index < -0.39 is 0 Å². The molecule has 16 heavy (non-hydrogen) atoms. The Hall–Kier alpha value is -1.15. The molecule has 0 saturated carbocycles. The lowest BCUT2D eigenvalue weighted by atomic mass is 9.98. The van der Waals surface area contributed by atoms with E-state index in [2.05, 4.69) is 11.4 Å². The summed E-state index contributed by atoms with van der Waals surface area (Å²) in [7, 11) is 0. The monoisotopic (exact) mass is 219 g/mol. The smallest absolute Gasteiger partial charge is 0.179 e. The summed E-state index contributed by atoms with van der Waals surface area (Å²) in [6, 6.07) is 6.16. The van der Waals surface area contributed by atoms with Crippen molar-refractivity contribution >= 4 is 5.78 Å². The maximum atomic E-state index is 12.1. The third-order valence-electron chi connectivity index (χ3n) is 2.62. The molecule has 1 N–H and O–H groups in total. The second kappa shape index (κ2) is 5.26. The number of carbonyl (C=O) groups excluding carboxylic acids is 1. The van der Waals surface area contributed by atoms with E-state index in [9.17, 15) is 4.79 Å². The van der Waals surface area contributed by atoms with Crippen LogP contribution in [0.3, 0.4) is 0 Å². The van der Waals surface area contributed by atoms with Crippen LogP contribution >= 0.6 is 0 Å². The lowest BCUT2D eigenvalue weighted by Crippen LogP contribution is -2.38. The molecule has 0 radical (unpaired) electrons. The van der Waals surface area contributed by atoms with Crippen molar-refractivity contribution in [3.05, 3.63) is 34.9 Å². The Labute approximate surface area is 98.1 Å². The first-order valence-corrected chi connectivity index (χ1v) is 5.79. The van der Waals surface area contributed by atoms with Crippen molar-refractivity contribution in [1.82, 2.24) is 5.32 Å². The van der Waals surface area contributed by atoms with Crippen molar-refractivity contribution < 1.29 is 4.79 Å². The van der Waals surface area contributed by atoms with Gasteiger partial charge in [0.15, 0.2) is 5.78 Å². The maximum Gasteiger partial charge on any atom is 0.179 e. The van der Waals surface area contributed by atoms with Crippen molar-refractivity contribution in [2.24, 2.45) is 0 Å². The molecule has 0 aromatic heterocycles. The average molecular weight is 219 g/mol. The van der Waals surface area contributed by atoms with Crippen LogP contribution < -0.4 is 5.32 Å². The standard InChI is InChI=1S/C14H21NO/c1-9(2)15-12(5)14(16)13-7-6-10(3)8-11(13)4/h6-9,12,15H,1-5H3. The van der Waals surface area contributed by atoms with Crippen molar-refractivity contribution in [3.8, 4) is 0 Å². The van der Waals surface area contributed by atoms with Gasteiger partial charge in [-0.15, -0.1) is 0 Å². The van der Waals surface area contributed by atoms with Crippen LogP contribution in [0.15, 0.2) is 18.2 Å². The molecule has 0 heterocycles. The molecule has 1 unspecified atom stereocenters. The highest BCUT2D eigenvalue weighted by Gasteiger charge is 2.17. The Morgan fingerprint density at radius 2 is 1.81 bits per heavy atom. The molecule has 2 heteroatoms. The van der Waals surface area contributed by atoms with Gasteiger partial charge in [0, 0.05) is 11.6 Å². The highest BCUT2D eigenvalue weighted by molar-refractivity contribution is 6.01. The quantitative estimate of drug-likeness (QED) is 0.789. The van der Waals surface area contributed by atoms with Gasteiger partial charge in [0.2, 0.25) is 0 Å². The molecule has 1 atom stereocenters. The van der Waals surface area contributed by atoms with Crippen molar-refractivity contribution in [1.29, 1.82) is 0 Å². The molecular weight excluding hydrogens is 198 g/mol. The van der Waals surface area contributed by atoms with E-state index in [1.54, 1.807) is 0 Å². The summed E-state index contributed by atoms with van der Waals surface area (Å²) in [6.07, 6.45) is 0. The molecule has 88 valence electrons. The molecule has 0 spiro atoms. The Morgan fingerprint density at radius 3 is 2.31 bits per heavy atom. The minimum atomic E-state index is -0.124. The summed E-state index contributed by atoms with van der Waals surface area (Å²) in [5.41, 5.74) is 3.08. The molecule has 0 aliphatic heterocycles. The summed E-state index contributed by atoms with van der Waals surface area (Å²) in [5.74, 6) is 0.172. The van der Waals surface area contributed by atoms with Gasteiger partial charge in [-0.1, -0.05) is 37.6 Å². The number of aryl methyl sites for hydroxylation is 2. The van der Waals surface area contributed by atoms with Gasteiger partial charge in [-0.25, -0.2) is 0 Å². The number of nitrogens with one attached hydrogen (secondary N) is 1. The fourth-order valence-corrected chi connectivity index (χ4v) is 1.90. The predicted octanol–water partition coefficient (Wildman–Crippen LogP) is 2.87. The lowest BCUT2D eigenvalue weighted by molar-refractivity contribution is 0.0946. The van der Waals surface area contributed by atoms with Crippen LogP contribution in [0.2, 0.25) is 0 Å². The van der Waals surface area contributed by atoms with Gasteiger partial charge in [0.25, 0.3) is 0 Å². The Bertz CT molecular complexity index is 382. The predicted molar refractivity (Wildman–Crippen MR) is 68.0 cm³/mol. The van der Waals surface area contributed by atoms with Crippen LogP contribution in [0.5, 0.6) is 0 Å². The van der Waals surface area contributed by atoms with Gasteiger partial charge >= 0.3 is 0 Å². The lowest BCUT2D eigenvalue weighted by Gasteiger charge is -2.17. The molecule has 0 saturated heterocycles. The molecule has 1 aromatic carbocycles. The molecule has 1 rings (SSSR count). The van der Waals surface area contributed by atoms with E-state index in [1.165, 1.54) is 5.56 Å². The number of hydrogen-bond acceptors (Lipinski definition) is 2. The zero-order valence-corrected chi connectivity index (χ0v) is 10.8. The molecule has 0 aliphatic carbocycles. The number of rotatable bonds is 4. The van der Waals surface area contributed by atoms with Gasteiger partial charge in [-0.3, -0.25) is 4.79 Å². The molecular formula is C14H21NO. The largest absolute Gasteiger partial charge is 0.305 e. The summed E-state index contributed by atoms with van der Waals surface area (Å²) in [6.45, 7) is 10.0. The van der Waals surface area contributed by atoms with Crippen LogP contribution in [0.4, 0.5) is 0 Å². The summed E-state index contributed by atoms with van der Waals surface area (Å²) in [5, 5.41) is 3.23. The third-order valence-corrected chi connectivity index (χ3v) is 2.62. The first-order valence-electron chi connectivity index (χ1n) is 5.79. The fourth-order valence-electron chi connectivity index (χ4n) is 1.90. The summed E-state index contributed by atoms with van der Waals surface area (Å²) >= 11 is 0. The van der Waals surface area contributed by atoms with Gasteiger partial charge < -0.3 is 5.32 Å². The van der Waals surface area contributed by atoms with Gasteiger partial charge in [-0.05, 0) is 26.3 Å². The van der Waals surface area contributed by atoms with E-state index in [0.717, 1.165) is 11.1 Å². The molecule has 2 nitrogen and oxygen atoms in total. The van der Waals surface area contributed by atoms with E-state index in [4.69, 9.17) is 0 Å². The van der Waals surface area contributed by atoms with E-state index in [1.807, 2.05) is 46.8 Å². The van der Waals surface area contributed by atoms with Gasteiger partial charge in [-0.2, -0.15) is 0 Å². The number of benzene rings is 1. The molecule has 0 bridgehead atoms. The zero-order chi connectivity index (χ0) is 12.3. The summed E-state index contributed by atoms with van der Waals surface area (Å²) < 4.78 is 0. The fraction of sp³-hybridized carbons (Fsp3) is 0.500. The first kappa shape index (κ1) is 12.9. The van der Waals surface area contributed by atoms with Crippen molar-refractivity contribution in [3.63, 3.8) is 0 Å². The number of ketones is 1. The molecule has 0 aliphatic rings. The van der Waals surface area contributed by atoms with Crippen molar-refractivity contribution in [2.75, 3.05) is 0 Å². The van der Waals surface area contributed by atoms with E-state index in [0.29, 0.717) is 6.04 Å². The van der Waals surface area contributed by atoms with Crippen LogP contribution in [0.1, 0.15) is 42.3 Å². The van der Waals surface area contributed by atoms with E-state index in [-0.39, 0.29) is 11.8 Å². The summed E-state index contributed by atoms with van der Waals surface area (Å²) in [4.78, 5) is 12.1. The minimum Gasteiger partial charge on any atom is -0.305 e. The highest BCUT2D eigenvalue weighted by Crippen LogP contribution is 2.13. The molecule has 1 aromatic rings. The van der Waals surface area contributed by atoms with Gasteiger partial charge in [0.05, 0.1) is 6.04 Å². The normalized spacial score (nSPS) is 12.9. The second-order valence-corrected chi connectivity index (χ2v) is 4.73. The highest BCUT2D eigenvalue weighted by atomic mass is 16.1. The van der Waals surface area contributed by atoms with E-state index >= 15 is 0 Å². The Balaban J connectivity index is 2.88. The zero-order valence-electron chi connectivity index (χ0n) is 10.8. The van der Waals surface area contributed by atoms with Crippen molar-refractivity contribution in [2.45, 2.75) is 46.7 Å². The van der Waals surface area contributed by atoms with Crippen LogP contribution in [0, 0.1) is 13.8 Å². The SMILES string of the molecule is Cc1ccc(C(=O)C(C)NC(C)C)c(C)c1. The number of hydrogen-bond donors (Lipinski definition) is 1. The minimum absolute atomic E-state index is 0.124. The Kier molecular flexibility index (Phi) is 4.25. The third kappa shape index (κ3) is 3.17. The number of carbonyl (C=O) groups is 1. The average Bonchev–Trinajstić information content (AvgIpc) is 2.15. The van der Waals surface area contributed by atoms with Gasteiger partial charge in [0.1, 0.15) is 0 Å². The second-order valence-electron chi connectivity index (χ2n) is 4.73. The molecule has 0 amide bonds. The molecule has 0 fully saturated rings. The Morgan fingerprint density at radius 1 is 1.19 bits per heavy atom. The van der Waals surface area contributed by atoms with Crippen LogP contribution in [-0.4, -0.2) is 17.9 Å². The maximum absolute atomic E-state index is 12.1.